The predicted molar refractivity (Wildman–Crippen MR) is 119 cm³/mol. The van der Waals surface area contributed by atoms with Gasteiger partial charge in [0.25, 0.3) is 0 Å². The first-order valence-corrected chi connectivity index (χ1v) is 10.3. The standard InChI is InChI=1S/C25H33NO2/c1-6-7-17-28-21-14-11-20(12-15-21)13-16-24(27)26-25-22(18(2)3)9-8-10-23(25)19(4)5/h8-16,18-19H,6-7,17H2,1-5H3,(H,26,27)/b16-13+. The summed E-state index contributed by atoms with van der Waals surface area (Å²) in [6, 6.07) is 14.1. The molecule has 0 unspecified atom stereocenters. The van der Waals surface area contributed by atoms with Crippen LogP contribution in [-0.4, -0.2) is 12.5 Å². The van der Waals surface area contributed by atoms with Crippen LogP contribution >= 0.6 is 0 Å². The fraction of sp³-hybridized carbons (Fsp3) is 0.400. The highest BCUT2D eigenvalue weighted by Crippen LogP contribution is 2.32. The zero-order valence-electron chi connectivity index (χ0n) is 17.8. The van der Waals surface area contributed by atoms with Gasteiger partial charge in [-0.2, -0.15) is 0 Å². The number of nitrogens with one attached hydrogen (secondary N) is 1. The molecule has 2 aromatic rings. The Morgan fingerprint density at radius 3 is 2.14 bits per heavy atom. The van der Waals surface area contributed by atoms with Crippen LogP contribution in [0, 0.1) is 0 Å². The van der Waals surface area contributed by atoms with Crippen molar-refractivity contribution < 1.29 is 9.53 Å². The minimum Gasteiger partial charge on any atom is -0.494 e. The van der Waals surface area contributed by atoms with Crippen molar-refractivity contribution in [2.24, 2.45) is 0 Å². The van der Waals surface area contributed by atoms with E-state index in [1.54, 1.807) is 6.08 Å². The Kier molecular flexibility index (Phi) is 8.31. The first kappa shape index (κ1) is 21.7. The number of hydrogen-bond donors (Lipinski definition) is 1. The molecule has 0 atom stereocenters. The number of carbonyl (C=O) groups is 1. The lowest BCUT2D eigenvalue weighted by Gasteiger charge is -2.19. The lowest BCUT2D eigenvalue weighted by atomic mass is 9.92. The van der Waals surface area contributed by atoms with Gasteiger partial charge in [-0.05, 0) is 53.2 Å². The van der Waals surface area contributed by atoms with Gasteiger partial charge in [-0.3, -0.25) is 4.79 Å². The molecule has 150 valence electrons. The molecule has 0 aliphatic rings. The Morgan fingerprint density at radius 1 is 1.00 bits per heavy atom. The van der Waals surface area contributed by atoms with E-state index < -0.39 is 0 Å². The van der Waals surface area contributed by atoms with Crippen LogP contribution in [0.1, 0.15) is 76.0 Å². The van der Waals surface area contributed by atoms with Gasteiger partial charge in [0.15, 0.2) is 0 Å². The second-order valence-electron chi connectivity index (χ2n) is 7.71. The highest BCUT2D eigenvalue weighted by Gasteiger charge is 2.14. The molecule has 0 heterocycles. The summed E-state index contributed by atoms with van der Waals surface area (Å²) in [6.45, 7) is 11.5. The normalized spacial score (nSPS) is 11.4. The van der Waals surface area contributed by atoms with Gasteiger partial charge in [0.1, 0.15) is 5.75 Å². The molecule has 0 fully saturated rings. The van der Waals surface area contributed by atoms with Gasteiger partial charge in [-0.15, -0.1) is 0 Å². The molecular weight excluding hydrogens is 346 g/mol. The number of unbranched alkanes of at least 4 members (excludes halogenated alkanes) is 1. The number of para-hydroxylation sites is 1. The van der Waals surface area contributed by atoms with E-state index in [1.165, 1.54) is 11.1 Å². The van der Waals surface area contributed by atoms with Crippen molar-refractivity contribution in [3.8, 4) is 5.75 Å². The molecule has 0 radical (unpaired) electrons. The lowest BCUT2D eigenvalue weighted by Crippen LogP contribution is -2.13. The van der Waals surface area contributed by atoms with Gasteiger partial charge >= 0.3 is 0 Å². The van der Waals surface area contributed by atoms with Crippen molar-refractivity contribution in [1.82, 2.24) is 0 Å². The number of ether oxygens (including phenoxy) is 1. The molecule has 2 aromatic carbocycles. The average Bonchev–Trinajstić information content (AvgIpc) is 2.67. The number of carbonyl (C=O) groups excluding carboxylic acids is 1. The maximum absolute atomic E-state index is 12.6. The summed E-state index contributed by atoms with van der Waals surface area (Å²) in [5, 5.41) is 3.11. The summed E-state index contributed by atoms with van der Waals surface area (Å²) < 4.78 is 5.67. The molecule has 28 heavy (non-hydrogen) atoms. The first-order valence-electron chi connectivity index (χ1n) is 10.3. The van der Waals surface area contributed by atoms with Crippen molar-refractivity contribution >= 4 is 17.7 Å². The van der Waals surface area contributed by atoms with Gasteiger partial charge in [0, 0.05) is 11.8 Å². The van der Waals surface area contributed by atoms with E-state index in [2.05, 4.69) is 58.1 Å². The molecule has 0 aliphatic carbocycles. The van der Waals surface area contributed by atoms with E-state index in [9.17, 15) is 4.79 Å². The van der Waals surface area contributed by atoms with Crippen molar-refractivity contribution in [2.75, 3.05) is 11.9 Å². The largest absolute Gasteiger partial charge is 0.494 e. The van der Waals surface area contributed by atoms with Gasteiger partial charge in [-0.1, -0.05) is 71.4 Å². The average molecular weight is 380 g/mol. The molecule has 0 aliphatic heterocycles. The second-order valence-corrected chi connectivity index (χ2v) is 7.71. The topological polar surface area (TPSA) is 38.3 Å². The zero-order valence-corrected chi connectivity index (χ0v) is 17.8. The second kappa shape index (κ2) is 10.7. The maximum Gasteiger partial charge on any atom is 0.248 e. The molecule has 3 nitrogen and oxygen atoms in total. The number of rotatable bonds is 9. The van der Waals surface area contributed by atoms with E-state index >= 15 is 0 Å². The Morgan fingerprint density at radius 2 is 1.61 bits per heavy atom. The Bertz CT molecular complexity index is 762. The van der Waals surface area contributed by atoms with E-state index in [0.29, 0.717) is 11.8 Å². The predicted octanol–water partition coefficient (Wildman–Crippen LogP) is 6.76. The van der Waals surface area contributed by atoms with Crippen molar-refractivity contribution in [3.63, 3.8) is 0 Å². The molecule has 0 spiro atoms. The fourth-order valence-electron chi connectivity index (χ4n) is 3.04. The molecule has 1 amide bonds. The molecule has 0 saturated heterocycles. The summed E-state index contributed by atoms with van der Waals surface area (Å²) in [5.74, 6) is 1.44. The van der Waals surface area contributed by atoms with Crippen LogP contribution in [0.2, 0.25) is 0 Å². The minimum absolute atomic E-state index is 0.113. The van der Waals surface area contributed by atoms with E-state index in [1.807, 2.05) is 30.3 Å². The van der Waals surface area contributed by atoms with Crippen molar-refractivity contribution in [3.05, 3.63) is 65.2 Å². The van der Waals surface area contributed by atoms with Gasteiger partial charge < -0.3 is 10.1 Å². The van der Waals surface area contributed by atoms with Gasteiger partial charge in [0.05, 0.1) is 6.61 Å². The molecule has 0 bridgehead atoms. The van der Waals surface area contributed by atoms with Crippen molar-refractivity contribution in [1.29, 1.82) is 0 Å². The van der Waals surface area contributed by atoms with Crippen LogP contribution in [0.4, 0.5) is 5.69 Å². The van der Waals surface area contributed by atoms with Crippen molar-refractivity contribution in [2.45, 2.75) is 59.3 Å². The van der Waals surface area contributed by atoms with E-state index in [-0.39, 0.29) is 5.91 Å². The third kappa shape index (κ3) is 6.26. The number of anilines is 1. The van der Waals surface area contributed by atoms with E-state index in [0.717, 1.165) is 36.4 Å². The molecule has 1 N–H and O–H groups in total. The number of amides is 1. The molecule has 2 rings (SSSR count). The van der Waals surface area contributed by atoms with E-state index in [4.69, 9.17) is 4.74 Å². The molecule has 0 aromatic heterocycles. The highest BCUT2D eigenvalue weighted by atomic mass is 16.5. The minimum atomic E-state index is -0.113. The number of hydrogen-bond acceptors (Lipinski definition) is 2. The summed E-state index contributed by atoms with van der Waals surface area (Å²) in [7, 11) is 0. The van der Waals surface area contributed by atoms with Crippen LogP contribution in [0.3, 0.4) is 0 Å². The summed E-state index contributed by atoms with van der Waals surface area (Å²) in [6.07, 6.45) is 5.60. The van der Waals surface area contributed by atoms with Crippen LogP contribution in [-0.2, 0) is 4.79 Å². The molecule has 0 saturated carbocycles. The molecular formula is C25H33NO2. The maximum atomic E-state index is 12.6. The highest BCUT2D eigenvalue weighted by molar-refractivity contribution is 6.03. The van der Waals surface area contributed by atoms with Crippen LogP contribution in [0.5, 0.6) is 5.75 Å². The SMILES string of the molecule is CCCCOc1ccc(/C=C/C(=O)Nc2c(C(C)C)cccc2C(C)C)cc1. The quantitative estimate of drug-likeness (QED) is 0.386. The Balaban J connectivity index is 2.08. The Hall–Kier alpha value is -2.55. The monoisotopic (exact) mass is 379 g/mol. The Labute approximate surface area is 169 Å². The van der Waals surface area contributed by atoms with Crippen LogP contribution in [0.25, 0.3) is 6.08 Å². The third-order valence-electron chi connectivity index (χ3n) is 4.70. The summed E-state index contributed by atoms with van der Waals surface area (Å²) in [5.41, 5.74) is 4.25. The molecule has 3 heteroatoms. The zero-order chi connectivity index (χ0) is 20.5. The van der Waals surface area contributed by atoms with Crippen LogP contribution in [0.15, 0.2) is 48.5 Å². The van der Waals surface area contributed by atoms with Crippen LogP contribution < -0.4 is 10.1 Å². The summed E-state index contributed by atoms with van der Waals surface area (Å²) >= 11 is 0. The number of benzene rings is 2. The third-order valence-corrected chi connectivity index (χ3v) is 4.70. The lowest BCUT2D eigenvalue weighted by molar-refractivity contribution is -0.111. The summed E-state index contributed by atoms with van der Waals surface area (Å²) in [4.78, 5) is 12.6. The first-order chi connectivity index (χ1) is 13.4. The van der Waals surface area contributed by atoms with Gasteiger partial charge in [-0.25, -0.2) is 0 Å². The smallest absolute Gasteiger partial charge is 0.248 e. The van der Waals surface area contributed by atoms with Gasteiger partial charge in [0.2, 0.25) is 5.91 Å². The fourth-order valence-corrected chi connectivity index (χ4v) is 3.04.